The number of nitro benzene ring substituents is 1. The lowest BCUT2D eigenvalue weighted by Crippen LogP contribution is -2.29. The second-order valence-electron chi connectivity index (χ2n) is 7.59. The molecule has 1 aliphatic rings. The highest BCUT2D eigenvalue weighted by molar-refractivity contribution is 6.31. The Morgan fingerprint density at radius 3 is 2.42 bits per heavy atom. The first kappa shape index (κ1) is 21.2. The van der Waals surface area contributed by atoms with Crippen LogP contribution in [0.1, 0.15) is 33.3 Å². The van der Waals surface area contributed by atoms with E-state index in [0.29, 0.717) is 21.2 Å². The van der Waals surface area contributed by atoms with Crippen LogP contribution >= 0.6 is 23.2 Å². The van der Waals surface area contributed by atoms with Crippen molar-refractivity contribution in [2.45, 2.75) is 12.6 Å². The van der Waals surface area contributed by atoms with E-state index in [0.717, 1.165) is 0 Å². The number of nitrogens with zero attached hydrogens (tertiary/aromatic N) is 2. The van der Waals surface area contributed by atoms with E-state index in [4.69, 9.17) is 27.6 Å². The second-order valence-corrected chi connectivity index (χ2v) is 8.43. The number of amides is 1. The van der Waals surface area contributed by atoms with Crippen LogP contribution in [0.4, 0.5) is 5.69 Å². The Hall–Kier alpha value is -3.68. The highest BCUT2D eigenvalue weighted by atomic mass is 35.5. The van der Waals surface area contributed by atoms with Gasteiger partial charge >= 0.3 is 0 Å². The number of fused-ring (bicyclic) bond motifs is 2. The molecule has 4 aromatic rings. The van der Waals surface area contributed by atoms with E-state index in [1.165, 1.54) is 35.2 Å². The van der Waals surface area contributed by atoms with Crippen LogP contribution in [0, 0.1) is 10.1 Å². The molecule has 1 atom stereocenters. The number of non-ortho nitro benzene ring substituents is 1. The summed E-state index contributed by atoms with van der Waals surface area (Å²) in [4.78, 5) is 39.0. The molecule has 1 aliphatic heterocycles. The summed E-state index contributed by atoms with van der Waals surface area (Å²) < 4.78 is 5.87. The molecule has 0 radical (unpaired) electrons. The maximum Gasteiger partial charge on any atom is 0.291 e. The minimum absolute atomic E-state index is 0.0646. The molecule has 0 bridgehead atoms. The molecular weight excluding hydrogens is 467 g/mol. The maximum absolute atomic E-state index is 13.5. The van der Waals surface area contributed by atoms with E-state index in [-0.39, 0.29) is 40.0 Å². The van der Waals surface area contributed by atoms with Gasteiger partial charge in [0, 0.05) is 28.7 Å². The zero-order chi connectivity index (χ0) is 23.3. The van der Waals surface area contributed by atoms with Gasteiger partial charge in [-0.05, 0) is 47.5 Å². The van der Waals surface area contributed by atoms with Gasteiger partial charge in [-0.2, -0.15) is 0 Å². The molecule has 1 amide bonds. The Labute approximate surface area is 196 Å². The third-order valence-corrected chi connectivity index (χ3v) is 6.25. The molecule has 7 nitrogen and oxygen atoms in total. The van der Waals surface area contributed by atoms with Crippen LogP contribution in [0.5, 0.6) is 0 Å². The molecule has 0 spiro atoms. The molecule has 9 heteroatoms. The fourth-order valence-corrected chi connectivity index (χ4v) is 4.46. The number of carbonyl (C=O) groups excluding carboxylic acids is 1. The molecule has 5 rings (SSSR count). The van der Waals surface area contributed by atoms with Crippen molar-refractivity contribution in [2.24, 2.45) is 0 Å². The Morgan fingerprint density at radius 2 is 1.73 bits per heavy atom. The molecular formula is C24H14Cl2N2O5. The van der Waals surface area contributed by atoms with E-state index in [2.05, 4.69) is 0 Å². The van der Waals surface area contributed by atoms with Crippen LogP contribution in [-0.4, -0.2) is 15.7 Å². The molecule has 33 heavy (non-hydrogen) atoms. The lowest BCUT2D eigenvalue weighted by Gasteiger charge is -2.25. The molecule has 0 saturated heterocycles. The first-order valence-corrected chi connectivity index (χ1v) is 10.7. The fraction of sp³-hybridized carbons (Fsp3) is 0.0833. The third kappa shape index (κ3) is 3.55. The zero-order valence-corrected chi connectivity index (χ0v) is 18.3. The van der Waals surface area contributed by atoms with Crippen LogP contribution in [0.2, 0.25) is 10.0 Å². The molecule has 0 saturated carbocycles. The van der Waals surface area contributed by atoms with E-state index in [1.54, 1.807) is 36.4 Å². The van der Waals surface area contributed by atoms with Crippen LogP contribution in [0.25, 0.3) is 11.0 Å². The molecule has 2 heterocycles. The summed E-state index contributed by atoms with van der Waals surface area (Å²) in [6.07, 6.45) is 0. The van der Waals surface area contributed by atoms with Crippen LogP contribution in [0.3, 0.4) is 0 Å². The molecule has 1 aromatic heterocycles. The summed E-state index contributed by atoms with van der Waals surface area (Å²) in [6.45, 7) is 0.112. The van der Waals surface area contributed by atoms with Crippen molar-refractivity contribution >= 4 is 45.8 Å². The van der Waals surface area contributed by atoms with Gasteiger partial charge in [-0.1, -0.05) is 41.4 Å². The van der Waals surface area contributed by atoms with Crippen LogP contribution in [-0.2, 0) is 6.54 Å². The lowest BCUT2D eigenvalue weighted by molar-refractivity contribution is -0.384. The second kappa shape index (κ2) is 8.03. The van der Waals surface area contributed by atoms with E-state index in [9.17, 15) is 19.7 Å². The Balaban J connectivity index is 1.72. The molecule has 0 fully saturated rings. The molecule has 0 N–H and O–H groups in total. The first-order valence-electron chi connectivity index (χ1n) is 9.90. The minimum Gasteiger partial charge on any atom is -0.450 e. The van der Waals surface area contributed by atoms with Gasteiger partial charge in [-0.3, -0.25) is 19.7 Å². The Bertz CT molecular complexity index is 1500. The average molecular weight is 481 g/mol. The number of hydrogen-bond acceptors (Lipinski definition) is 5. The molecule has 0 aliphatic carbocycles. The van der Waals surface area contributed by atoms with Gasteiger partial charge in [-0.15, -0.1) is 0 Å². The normalized spacial score (nSPS) is 15.2. The highest BCUT2D eigenvalue weighted by Gasteiger charge is 2.43. The predicted molar refractivity (Wildman–Crippen MR) is 124 cm³/mol. The number of halogens is 2. The monoisotopic (exact) mass is 480 g/mol. The van der Waals surface area contributed by atoms with Crippen molar-refractivity contribution in [1.29, 1.82) is 0 Å². The highest BCUT2D eigenvalue weighted by Crippen LogP contribution is 2.40. The van der Waals surface area contributed by atoms with E-state index in [1.807, 2.05) is 0 Å². The predicted octanol–water partition coefficient (Wildman–Crippen LogP) is 5.75. The van der Waals surface area contributed by atoms with E-state index < -0.39 is 16.9 Å². The molecule has 1 unspecified atom stereocenters. The van der Waals surface area contributed by atoms with Crippen molar-refractivity contribution in [3.63, 3.8) is 0 Å². The van der Waals surface area contributed by atoms with Crippen LogP contribution in [0.15, 0.2) is 75.9 Å². The van der Waals surface area contributed by atoms with Gasteiger partial charge in [0.25, 0.3) is 11.6 Å². The number of carbonyl (C=O) groups is 1. The molecule has 164 valence electrons. The fourth-order valence-electron chi connectivity index (χ4n) is 4.09. The lowest BCUT2D eigenvalue weighted by atomic mass is 9.98. The van der Waals surface area contributed by atoms with Gasteiger partial charge in [0.15, 0.2) is 5.43 Å². The van der Waals surface area contributed by atoms with Crippen molar-refractivity contribution < 1.29 is 14.1 Å². The summed E-state index contributed by atoms with van der Waals surface area (Å²) in [7, 11) is 0. The van der Waals surface area contributed by atoms with E-state index >= 15 is 0 Å². The summed E-state index contributed by atoms with van der Waals surface area (Å²) >= 11 is 12.4. The topological polar surface area (TPSA) is 93.7 Å². The summed E-state index contributed by atoms with van der Waals surface area (Å²) in [6, 6.07) is 16.6. The van der Waals surface area contributed by atoms with Crippen LogP contribution < -0.4 is 5.43 Å². The standard InChI is InChI=1S/C24H14Cl2N2O5/c25-15-7-10-19-17(11-15)22(29)20-21(13-5-8-16(9-6-13)28(31)32)27(24(30)23(20)33-19)12-14-3-1-2-4-18(14)26/h1-11,21H,12H2. The van der Waals surface area contributed by atoms with Gasteiger partial charge in [0.05, 0.1) is 21.9 Å². The largest absolute Gasteiger partial charge is 0.450 e. The Kier molecular flexibility index (Phi) is 5.15. The average Bonchev–Trinajstić information content (AvgIpc) is 3.08. The van der Waals surface area contributed by atoms with Gasteiger partial charge < -0.3 is 9.32 Å². The van der Waals surface area contributed by atoms with Gasteiger partial charge in [-0.25, -0.2) is 0 Å². The SMILES string of the molecule is O=C1c2oc3ccc(Cl)cc3c(=O)c2C(c2ccc([N+](=O)[O-])cc2)N1Cc1ccccc1Cl. The third-order valence-electron chi connectivity index (χ3n) is 5.65. The summed E-state index contributed by atoms with van der Waals surface area (Å²) in [5.74, 6) is -0.535. The quantitative estimate of drug-likeness (QED) is 0.273. The first-order chi connectivity index (χ1) is 15.8. The van der Waals surface area contributed by atoms with Crippen molar-refractivity contribution in [2.75, 3.05) is 0 Å². The number of nitro groups is 1. The minimum atomic E-state index is -0.816. The van der Waals surface area contributed by atoms with Gasteiger partial charge in [0.1, 0.15) is 5.58 Å². The van der Waals surface area contributed by atoms with Gasteiger partial charge in [0.2, 0.25) is 5.76 Å². The number of hydrogen-bond donors (Lipinski definition) is 0. The van der Waals surface area contributed by atoms with Crippen molar-refractivity contribution in [1.82, 2.24) is 4.90 Å². The van der Waals surface area contributed by atoms with Crippen molar-refractivity contribution in [3.8, 4) is 0 Å². The number of rotatable bonds is 4. The molecule has 3 aromatic carbocycles. The maximum atomic E-state index is 13.5. The Morgan fingerprint density at radius 1 is 1.00 bits per heavy atom. The summed E-state index contributed by atoms with van der Waals surface area (Å²) in [5.41, 5.74) is 1.15. The number of benzene rings is 3. The van der Waals surface area contributed by atoms with Crippen molar-refractivity contribution in [3.05, 3.63) is 120 Å². The smallest absolute Gasteiger partial charge is 0.291 e. The summed E-state index contributed by atoms with van der Waals surface area (Å²) in [5, 5.41) is 12.2. The zero-order valence-electron chi connectivity index (χ0n) is 16.8.